The summed E-state index contributed by atoms with van der Waals surface area (Å²) in [6.45, 7) is 42.2. The second-order valence-corrected chi connectivity index (χ2v) is 22.3. The highest BCUT2D eigenvalue weighted by Crippen LogP contribution is 2.55. The van der Waals surface area contributed by atoms with Crippen LogP contribution in [-0.2, 0) is 16.2 Å². The van der Waals surface area contributed by atoms with E-state index in [9.17, 15) is 0 Å². The molecule has 3 heterocycles. The average molecular weight is 801 g/mol. The molecule has 0 bridgehead atoms. The van der Waals surface area contributed by atoms with Crippen LogP contribution in [0.5, 0.6) is 0 Å². The van der Waals surface area contributed by atoms with Gasteiger partial charge in [-0.05, 0) is 182 Å². The fraction of sp³-hybridized carbons (Fsp3) is 0.350. The molecule has 310 valence electrons. The highest BCUT2D eigenvalue weighted by Gasteiger charge is 2.48. The van der Waals surface area contributed by atoms with Gasteiger partial charge in [0, 0.05) is 27.8 Å². The summed E-state index contributed by atoms with van der Waals surface area (Å²) in [6, 6.07) is 29.9. The number of aromatic nitrogens is 1. The lowest BCUT2D eigenvalue weighted by atomic mass is 9.67. The van der Waals surface area contributed by atoms with Gasteiger partial charge in [-0.2, -0.15) is 4.57 Å². The largest absolute Gasteiger partial charge is 0.224 e. The molecule has 1 aromatic heterocycles. The zero-order valence-corrected chi connectivity index (χ0v) is 40.4. The van der Waals surface area contributed by atoms with Crippen molar-refractivity contribution in [2.45, 2.75) is 141 Å². The molecule has 9 rings (SSSR count). The maximum Gasteiger partial charge on any atom is 0.224 e. The van der Waals surface area contributed by atoms with E-state index in [-0.39, 0.29) is 16.2 Å². The first-order valence-corrected chi connectivity index (χ1v) is 22.6. The summed E-state index contributed by atoms with van der Waals surface area (Å²) in [6.07, 6.45) is 0. The molecule has 6 aromatic carbocycles. The molecule has 0 saturated heterocycles. The number of pyridine rings is 1. The fourth-order valence-corrected chi connectivity index (χ4v) is 11.4. The molecule has 0 amide bonds. The molecule has 0 unspecified atom stereocenters. The number of benzene rings is 6. The van der Waals surface area contributed by atoms with Crippen molar-refractivity contribution in [3.05, 3.63) is 185 Å². The second-order valence-electron chi connectivity index (χ2n) is 22.3. The van der Waals surface area contributed by atoms with Crippen LogP contribution in [0.15, 0.2) is 72.8 Å². The zero-order valence-electron chi connectivity index (χ0n) is 40.4. The molecule has 0 spiro atoms. The van der Waals surface area contributed by atoms with Gasteiger partial charge in [-0.3, -0.25) is 0 Å². The van der Waals surface area contributed by atoms with Crippen molar-refractivity contribution in [1.29, 1.82) is 0 Å². The molecule has 7 aromatic rings. The molecule has 1 nitrogen and oxygen atoms in total. The minimum atomic E-state index is -0.0861. The number of hydrogen-bond donors (Lipinski definition) is 0. The third-order valence-corrected chi connectivity index (χ3v) is 14.0. The van der Waals surface area contributed by atoms with Crippen LogP contribution in [0, 0.1) is 74.1 Å². The van der Waals surface area contributed by atoms with Crippen molar-refractivity contribution in [3.63, 3.8) is 0 Å². The smallest absolute Gasteiger partial charge is 0.152 e. The first-order valence-electron chi connectivity index (χ1n) is 22.6. The van der Waals surface area contributed by atoms with Crippen LogP contribution in [0.1, 0.15) is 162 Å². The summed E-state index contributed by atoms with van der Waals surface area (Å²) in [5.41, 5.74) is 30.5. The lowest BCUT2D eigenvalue weighted by Gasteiger charge is -2.37. The van der Waals surface area contributed by atoms with Gasteiger partial charge in [0.1, 0.15) is 0 Å². The third kappa shape index (κ3) is 6.27. The molecule has 2 aliphatic rings. The van der Waals surface area contributed by atoms with Crippen LogP contribution in [-0.4, -0.2) is 0 Å². The third-order valence-electron chi connectivity index (χ3n) is 14.0. The molecular weight excluding hydrogens is 735 g/mol. The van der Waals surface area contributed by atoms with Crippen molar-refractivity contribution < 1.29 is 4.57 Å². The van der Waals surface area contributed by atoms with Gasteiger partial charge in [0.25, 0.3) is 0 Å². The Balaban J connectivity index is 1.66. The molecule has 2 radical (unpaired) electrons. The van der Waals surface area contributed by atoms with E-state index in [2.05, 4.69) is 202 Å². The van der Waals surface area contributed by atoms with Gasteiger partial charge in [-0.25, -0.2) is 0 Å². The second kappa shape index (κ2) is 13.5. The Bertz CT molecular complexity index is 2820. The molecule has 0 atom stereocenters. The molecule has 0 aliphatic carbocycles. The summed E-state index contributed by atoms with van der Waals surface area (Å²) in [5, 5.41) is 2.68. The van der Waals surface area contributed by atoms with Gasteiger partial charge in [-0.15, -0.1) is 0 Å². The predicted octanol–water partition coefficient (Wildman–Crippen LogP) is 15.3. The summed E-state index contributed by atoms with van der Waals surface area (Å²) >= 11 is 0. The Morgan fingerprint density at radius 1 is 0.311 bits per heavy atom. The molecule has 61 heavy (non-hydrogen) atoms. The van der Waals surface area contributed by atoms with Crippen molar-refractivity contribution in [3.8, 4) is 16.8 Å². The van der Waals surface area contributed by atoms with E-state index in [0.29, 0.717) is 0 Å². The van der Waals surface area contributed by atoms with E-state index < -0.39 is 0 Å². The molecule has 1 heteroatoms. The van der Waals surface area contributed by atoms with E-state index in [4.69, 9.17) is 0 Å². The first kappa shape index (κ1) is 41.3. The van der Waals surface area contributed by atoms with Gasteiger partial charge >= 0.3 is 0 Å². The van der Waals surface area contributed by atoms with Crippen molar-refractivity contribution in [2.24, 2.45) is 0 Å². The standard InChI is InChI=1S/C60H66N/c1-31-19-34(4)49(35(5)20-31)52-43-25-40(58(10,11)12)27-45-53(50-36(6)21-32(2)22-37(50)7)47-29-42(60(16,17)18)30-48-54(51-38(8)23-33(3)24-39(51)9)46-28-41(59(13,14)15)26-44(52)56(46)61(55(43)45)57(47)48/h19-30H,1-18H3/q+1. The number of nitrogens with zero attached hydrogens (tertiary/aromatic N) is 1. The minimum absolute atomic E-state index is 0.0861. The molecule has 0 N–H and O–H groups in total. The van der Waals surface area contributed by atoms with Gasteiger partial charge in [-0.1, -0.05) is 115 Å². The number of rotatable bonds is 3. The Morgan fingerprint density at radius 3 is 0.902 bits per heavy atom. The highest BCUT2D eigenvalue weighted by atomic mass is 15.0. The van der Waals surface area contributed by atoms with Crippen LogP contribution < -0.4 is 4.57 Å². The van der Waals surface area contributed by atoms with Crippen LogP contribution in [0.3, 0.4) is 0 Å². The van der Waals surface area contributed by atoms with Crippen LogP contribution in [0.25, 0.3) is 38.6 Å². The first-order chi connectivity index (χ1) is 28.4. The van der Waals surface area contributed by atoms with E-state index in [1.165, 1.54) is 151 Å². The summed E-state index contributed by atoms with van der Waals surface area (Å²) in [5.74, 6) is 2.73. The molecule has 2 aliphatic heterocycles. The van der Waals surface area contributed by atoms with E-state index in [1.54, 1.807) is 0 Å². The van der Waals surface area contributed by atoms with Gasteiger partial charge in [0.2, 0.25) is 16.7 Å². The topological polar surface area (TPSA) is 3.88 Å². The normalized spacial score (nSPS) is 14.3. The Labute approximate surface area is 367 Å². The zero-order chi connectivity index (χ0) is 44.2. The maximum atomic E-state index is 2.75. The highest BCUT2D eigenvalue weighted by molar-refractivity contribution is 6.13. The lowest BCUT2D eigenvalue weighted by molar-refractivity contribution is -0.541. The summed E-state index contributed by atoms with van der Waals surface area (Å²) < 4.78 is 2.75. The van der Waals surface area contributed by atoms with E-state index in [1.807, 2.05) is 0 Å². The van der Waals surface area contributed by atoms with Gasteiger partial charge < -0.3 is 0 Å². The molecular formula is C60H66N+. The van der Waals surface area contributed by atoms with Crippen molar-refractivity contribution in [2.75, 3.05) is 0 Å². The Kier molecular flexibility index (Phi) is 9.15. The SMILES string of the molecule is Cc1cc(C)c([C]2c3cc(C(C)(C)C)cc4c3-[n+]3c5c2cc(C(C)(C)C)cc5c(-c2c(C)cc(C)cc2C)c2cc(C(C)(C)C)cc(c23)[C]4c2c(C)cc(C)cc2C)c(C)c1. The molecule has 0 saturated carbocycles. The Morgan fingerprint density at radius 2 is 0.590 bits per heavy atom. The maximum absolute atomic E-state index is 2.75. The van der Waals surface area contributed by atoms with E-state index in [0.717, 1.165) is 0 Å². The lowest BCUT2D eigenvalue weighted by Crippen LogP contribution is -2.45. The quantitative estimate of drug-likeness (QED) is 0.124. The fourth-order valence-electron chi connectivity index (χ4n) is 11.4. The summed E-state index contributed by atoms with van der Waals surface area (Å²) in [7, 11) is 0. The number of aryl methyl sites for hydroxylation is 9. The van der Waals surface area contributed by atoms with Gasteiger partial charge in [0.05, 0.1) is 22.6 Å². The Hall–Kier alpha value is -5.01. The van der Waals surface area contributed by atoms with Crippen LogP contribution in [0.2, 0.25) is 0 Å². The van der Waals surface area contributed by atoms with Crippen molar-refractivity contribution in [1.82, 2.24) is 0 Å². The monoisotopic (exact) mass is 801 g/mol. The summed E-state index contributed by atoms with van der Waals surface area (Å²) in [4.78, 5) is 0. The van der Waals surface area contributed by atoms with E-state index >= 15 is 0 Å². The number of hydrogen-bond acceptors (Lipinski definition) is 0. The van der Waals surface area contributed by atoms with Crippen LogP contribution in [0.4, 0.5) is 0 Å². The average Bonchev–Trinajstić information content (AvgIpc) is 3.11. The molecule has 0 fully saturated rings. The van der Waals surface area contributed by atoms with Crippen molar-refractivity contribution >= 4 is 21.8 Å². The van der Waals surface area contributed by atoms with Crippen LogP contribution >= 0.6 is 0 Å². The minimum Gasteiger partial charge on any atom is -0.152 e. The van der Waals surface area contributed by atoms with Gasteiger partial charge in [0.15, 0.2) is 0 Å². The predicted molar refractivity (Wildman–Crippen MR) is 261 cm³/mol.